The summed E-state index contributed by atoms with van der Waals surface area (Å²) < 4.78 is 13.4. The first kappa shape index (κ1) is 13.4. The van der Waals surface area contributed by atoms with Gasteiger partial charge in [-0.2, -0.15) is 0 Å². The molecule has 0 aliphatic carbocycles. The molecule has 0 unspecified atom stereocenters. The molecule has 1 aromatic heterocycles. The Morgan fingerprint density at radius 1 is 1.37 bits per heavy atom. The van der Waals surface area contributed by atoms with Crippen molar-refractivity contribution in [3.63, 3.8) is 0 Å². The highest BCUT2D eigenvalue weighted by Crippen LogP contribution is 2.23. The molecule has 1 aromatic carbocycles. The van der Waals surface area contributed by atoms with Crippen LogP contribution in [0, 0.1) is 5.82 Å². The van der Waals surface area contributed by atoms with Crippen LogP contribution in [-0.4, -0.2) is 22.9 Å². The molecule has 0 aliphatic rings. The van der Waals surface area contributed by atoms with E-state index in [2.05, 4.69) is 36.5 Å². The van der Waals surface area contributed by atoms with E-state index in [0.717, 1.165) is 0 Å². The van der Waals surface area contributed by atoms with E-state index in [0.29, 0.717) is 16.0 Å². The summed E-state index contributed by atoms with van der Waals surface area (Å²) in [5.74, 6) is -0.315. The van der Waals surface area contributed by atoms with Gasteiger partial charge in [0, 0.05) is 11.5 Å². The molecule has 1 heterocycles. The minimum absolute atomic E-state index is 0.170. The van der Waals surface area contributed by atoms with E-state index in [4.69, 9.17) is 0 Å². The Kier molecular flexibility index (Phi) is 4.06. The molecule has 2 rings (SSSR count). The van der Waals surface area contributed by atoms with Crippen LogP contribution in [0.25, 0.3) is 0 Å². The Hall–Kier alpha value is -2.02. The number of halogens is 2. The minimum atomic E-state index is -0.420. The molecule has 2 aromatic rings. The summed E-state index contributed by atoms with van der Waals surface area (Å²) >= 11 is 3.17. The fraction of sp³-hybridized carbons (Fsp3) is 0.0833. The van der Waals surface area contributed by atoms with Gasteiger partial charge >= 0.3 is 0 Å². The molecule has 0 aliphatic heterocycles. The fourth-order valence-corrected chi connectivity index (χ4v) is 1.82. The van der Waals surface area contributed by atoms with Gasteiger partial charge in [-0.05, 0) is 34.1 Å². The van der Waals surface area contributed by atoms with Crippen LogP contribution >= 0.6 is 15.9 Å². The minimum Gasteiger partial charge on any atom is -0.372 e. The standard InChI is InChI=1S/C12H10BrFN4O/c1-15-11-6-16-5-10(17-11)12(19)18-9-3-2-7(14)4-8(9)13/h2-6H,1H3,(H,15,17)(H,18,19). The lowest BCUT2D eigenvalue weighted by molar-refractivity contribution is 0.102. The Balaban J connectivity index is 2.20. The van der Waals surface area contributed by atoms with Crippen molar-refractivity contribution >= 4 is 33.3 Å². The fourth-order valence-electron chi connectivity index (χ4n) is 1.37. The van der Waals surface area contributed by atoms with Gasteiger partial charge in [0.2, 0.25) is 0 Å². The molecule has 2 N–H and O–H groups in total. The summed E-state index contributed by atoms with van der Waals surface area (Å²) in [6.45, 7) is 0. The monoisotopic (exact) mass is 324 g/mol. The third-order valence-corrected chi connectivity index (χ3v) is 2.96. The van der Waals surface area contributed by atoms with Gasteiger partial charge in [-0.25, -0.2) is 9.37 Å². The lowest BCUT2D eigenvalue weighted by Gasteiger charge is -2.07. The lowest BCUT2D eigenvalue weighted by Crippen LogP contribution is -2.15. The van der Waals surface area contributed by atoms with Gasteiger partial charge in [0.25, 0.3) is 5.91 Å². The average Bonchev–Trinajstić information content (AvgIpc) is 2.42. The summed E-state index contributed by atoms with van der Waals surface area (Å²) in [5.41, 5.74) is 0.631. The predicted octanol–water partition coefficient (Wildman–Crippen LogP) is 2.67. The highest BCUT2D eigenvalue weighted by Gasteiger charge is 2.11. The second-order valence-electron chi connectivity index (χ2n) is 3.62. The summed E-state index contributed by atoms with van der Waals surface area (Å²) in [5, 5.41) is 5.41. The number of nitrogens with one attached hydrogen (secondary N) is 2. The molecule has 0 fully saturated rings. The summed E-state index contributed by atoms with van der Waals surface area (Å²) in [6, 6.07) is 3.99. The first-order valence-electron chi connectivity index (χ1n) is 5.36. The maximum Gasteiger partial charge on any atom is 0.275 e. The van der Waals surface area contributed by atoms with Crippen molar-refractivity contribution in [2.45, 2.75) is 0 Å². The van der Waals surface area contributed by atoms with E-state index < -0.39 is 5.91 Å². The van der Waals surface area contributed by atoms with Gasteiger partial charge in [-0.15, -0.1) is 0 Å². The number of rotatable bonds is 3. The van der Waals surface area contributed by atoms with Crippen molar-refractivity contribution in [1.82, 2.24) is 9.97 Å². The number of benzene rings is 1. The van der Waals surface area contributed by atoms with Crippen molar-refractivity contribution in [1.29, 1.82) is 0 Å². The molecule has 0 saturated heterocycles. The molecular formula is C12H10BrFN4O. The predicted molar refractivity (Wildman–Crippen MR) is 73.6 cm³/mol. The van der Waals surface area contributed by atoms with Crippen LogP contribution in [-0.2, 0) is 0 Å². The summed E-state index contributed by atoms with van der Waals surface area (Å²) in [4.78, 5) is 19.9. The second kappa shape index (κ2) is 5.75. The SMILES string of the molecule is CNc1cncc(C(=O)Nc2ccc(F)cc2Br)n1. The van der Waals surface area contributed by atoms with E-state index in [1.165, 1.54) is 30.6 Å². The van der Waals surface area contributed by atoms with Gasteiger partial charge in [0.15, 0.2) is 0 Å². The third kappa shape index (κ3) is 3.25. The zero-order valence-electron chi connectivity index (χ0n) is 9.95. The highest BCUT2D eigenvalue weighted by atomic mass is 79.9. The molecule has 98 valence electrons. The van der Waals surface area contributed by atoms with Crippen molar-refractivity contribution in [3.8, 4) is 0 Å². The topological polar surface area (TPSA) is 66.9 Å². The van der Waals surface area contributed by atoms with Gasteiger partial charge < -0.3 is 10.6 Å². The first-order chi connectivity index (χ1) is 9.10. The van der Waals surface area contributed by atoms with Crippen LogP contribution < -0.4 is 10.6 Å². The number of hydrogen-bond acceptors (Lipinski definition) is 4. The molecule has 19 heavy (non-hydrogen) atoms. The molecule has 0 atom stereocenters. The van der Waals surface area contributed by atoms with Crippen molar-refractivity contribution in [3.05, 3.63) is 46.6 Å². The van der Waals surface area contributed by atoms with Gasteiger partial charge in [0.1, 0.15) is 17.3 Å². The Labute approximate surface area is 117 Å². The molecule has 0 radical (unpaired) electrons. The van der Waals surface area contributed by atoms with Crippen LogP contribution in [0.15, 0.2) is 35.1 Å². The van der Waals surface area contributed by atoms with Crippen LogP contribution in [0.2, 0.25) is 0 Å². The summed E-state index contributed by atoms with van der Waals surface area (Å²) in [7, 11) is 1.68. The van der Waals surface area contributed by atoms with Crippen LogP contribution in [0.5, 0.6) is 0 Å². The molecule has 0 bridgehead atoms. The zero-order valence-corrected chi connectivity index (χ0v) is 11.5. The Bertz CT molecular complexity index is 620. The normalized spacial score (nSPS) is 10.1. The maximum absolute atomic E-state index is 12.9. The maximum atomic E-state index is 12.9. The number of aromatic nitrogens is 2. The first-order valence-corrected chi connectivity index (χ1v) is 6.15. The largest absolute Gasteiger partial charge is 0.372 e. The molecule has 1 amide bonds. The van der Waals surface area contributed by atoms with E-state index in [-0.39, 0.29) is 11.5 Å². The molecular weight excluding hydrogens is 315 g/mol. The third-order valence-electron chi connectivity index (χ3n) is 2.30. The van der Waals surface area contributed by atoms with Crippen molar-refractivity contribution < 1.29 is 9.18 Å². The zero-order chi connectivity index (χ0) is 13.8. The van der Waals surface area contributed by atoms with Gasteiger partial charge in [0.05, 0.1) is 18.1 Å². The Morgan fingerprint density at radius 3 is 2.84 bits per heavy atom. The Morgan fingerprint density at radius 2 is 2.16 bits per heavy atom. The van der Waals surface area contributed by atoms with Crippen LogP contribution in [0.4, 0.5) is 15.9 Å². The number of carbonyl (C=O) groups is 1. The summed E-state index contributed by atoms with van der Waals surface area (Å²) in [6.07, 6.45) is 2.86. The molecule has 5 nitrogen and oxygen atoms in total. The van der Waals surface area contributed by atoms with Crippen molar-refractivity contribution in [2.75, 3.05) is 17.7 Å². The lowest BCUT2D eigenvalue weighted by atomic mass is 10.3. The molecule has 0 spiro atoms. The van der Waals surface area contributed by atoms with Crippen LogP contribution in [0.1, 0.15) is 10.5 Å². The van der Waals surface area contributed by atoms with Crippen molar-refractivity contribution in [2.24, 2.45) is 0 Å². The van der Waals surface area contributed by atoms with Gasteiger partial charge in [-0.3, -0.25) is 9.78 Å². The molecule has 7 heteroatoms. The highest BCUT2D eigenvalue weighted by molar-refractivity contribution is 9.10. The quantitative estimate of drug-likeness (QED) is 0.910. The number of anilines is 2. The van der Waals surface area contributed by atoms with E-state index in [1.807, 2.05) is 0 Å². The number of carbonyl (C=O) groups excluding carboxylic acids is 1. The van der Waals surface area contributed by atoms with Gasteiger partial charge in [-0.1, -0.05) is 0 Å². The number of amides is 1. The second-order valence-corrected chi connectivity index (χ2v) is 4.47. The smallest absolute Gasteiger partial charge is 0.275 e. The molecule has 0 saturated carbocycles. The van der Waals surface area contributed by atoms with Crippen LogP contribution in [0.3, 0.4) is 0 Å². The average molecular weight is 325 g/mol. The number of hydrogen-bond donors (Lipinski definition) is 2. The van der Waals surface area contributed by atoms with E-state index in [1.54, 1.807) is 7.05 Å². The van der Waals surface area contributed by atoms with E-state index >= 15 is 0 Å². The van der Waals surface area contributed by atoms with E-state index in [9.17, 15) is 9.18 Å². The number of nitrogens with zero attached hydrogens (tertiary/aromatic N) is 2.